The van der Waals surface area contributed by atoms with Gasteiger partial charge >= 0.3 is 6.09 Å². The van der Waals surface area contributed by atoms with E-state index in [-0.39, 0.29) is 25.5 Å². The third-order valence-corrected chi connectivity index (χ3v) is 3.94. The molecule has 0 spiro atoms. The molecule has 2 heterocycles. The Morgan fingerprint density at radius 2 is 2.25 bits per heavy atom. The maximum Gasteiger partial charge on any atom is 0.414 e. The highest BCUT2D eigenvalue weighted by atomic mass is 19.1. The normalized spacial score (nSPS) is 20.4. The first-order chi connectivity index (χ1) is 11.5. The number of hydrogen-bond donors (Lipinski definition) is 0. The minimum Gasteiger partial charge on any atom is -0.444 e. The summed E-state index contributed by atoms with van der Waals surface area (Å²) >= 11 is 0. The van der Waals surface area contributed by atoms with Crippen LogP contribution in [0.5, 0.6) is 0 Å². The van der Waals surface area contributed by atoms with Gasteiger partial charge in [-0.05, 0) is 23.7 Å². The molecule has 9 nitrogen and oxygen atoms in total. The van der Waals surface area contributed by atoms with Crippen LogP contribution < -0.4 is 9.80 Å². The lowest BCUT2D eigenvalue weighted by Gasteiger charge is -2.20. The lowest BCUT2D eigenvalue weighted by molar-refractivity contribution is -0.125. The molecule has 2 aliphatic rings. The lowest BCUT2D eigenvalue weighted by Crippen LogP contribution is -2.26. The van der Waals surface area contributed by atoms with Crippen molar-refractivity contribution in [3.05, 3.63) is 34.5 Å². The minimum atomic E-state index is -0.614. The molecule has 1 aromatic carbocycles. The van der Waals surface area contributed by atoms with Gasteiger partial charge in [0.25, 0.3) is 0 Å². The third-order valence-electron chi connectivity index (χ3n) is 3.94. The number of benzene rings is 1. The molecular weight excluding hydrogens is 319 g/mol. The lowest BCUT2D eigenvalue weighted by atomic mass is 10.2. The van der Waals surface area contributed by atoms with E-state index in [1.165, 1.54) is 21.9 Å². The van der Waals surface area contributed by atoms with Gasteiger partial charge in [0.15, 0.2) is 0 Å². The maximum absolute atomic E-state index is 14.4. The topological polar surface area (TPSA) is 102 Å². The number of amides is 2. The first-order valence-electron chi connectivity index (χ1n) is 7.27. The summed E-state index contributed by atoms with van der Waals surface area (Å²) in [5.41, 5.74) is 8.96. The predicted octanol–water partition coefficient (Wildman–Crippen LogP) is 1.70. The van der Waals surface area contributed by atoms with Crippen LogP contribution in [0, 0.1) is 5.82 Å². The number of halogens is 1. The van der Waals surface area contributed by atoms with Crippen molar-refractivity contribution in [3.8, 4) is 0 Å². The number of cyclic esters (lactones) is 1. The van der Waals surface area contributed by atoms with E-state index in [9.17, 15) is 14.0 Å². The van der Waals surface area contributed by atoms with Crippen LogP contribution in [0.4, 0.5) is 20.6 Å². The molecule has 126 valence electrons. The molecule has 0 saturated carbocycles. The van der Waals surface area contributed by atoms with Crippen molar-refractivity contribution < 1.29 is 18.7 Å². The zero-order valence-corrected chi connectivity index (χ0v) is 12.9. The Morgan fingerprint density at radius 3 is 2.88 bits per heavy atom. The number of azide groups is 1. The smallest absolute Gasteiger partial charge is 0.414 e. The highest BCUT2D eigenvalue weighted by Crippen LogP contribution is 2.29. The highest BCUT2D eigenvalue weighted by molar-refractivity contribution is 5.90. The number of ether oxygens (including phenoxy) is 1. The monoisotopic (exact) mass is 334 g/mol. The molecule has 2 aliphatic heterocycles. The van der Waals surface area contributed by atoms with Crippen molar-refractivity contribution >= 4 is 23.4 Å². The van der Waals surface area contributed by atoms with Gasteiger partial charge in [0, 0.05) is 12.0 Å². The summed E-state index contributed by atoms with van der Waals surface area (Å²) in [6.07, 6.45) is -1.17. The quantitative estimate of drug-likeness (QED) is 0.475. The van der Waals surface area contributed by atoms with Gasteiger partial charge < -0.3 is 14.5 Å². The zero-order chi connectivity index (χ0) is 17.3. The zero-order valence-electron chi connectivity index (χ0n) is 12.9. The van der Waals surface area contributed by atoms with Crippen molar-refractivity contribution in [2.24, 2.45) is 5.11 Å². The van der Waals surface area contributed by atoms with Gasteiger partial charge in [-0.1, -0.05) is 5.11 Å². The third kappa shape index (κ3) is 2.91. The Kier molecular flexibility index (Phi) is 4.13. The summed E-state index contributed by atoms with van der Waals surface area (Å²) in [5.74, 6) is -0.607. The largest absolute Gasteiger partial charge is 0.444 e. The van der Waals surface area contributed by atoms with Crippen molar-refractivity contribution in [1.82, 2.24) is 4.90 Å². The van der Waals surface area contributed by atoms with E-state index >= 15 is 0 Å². The maximum atomic E-state index is 14.4. The SMILES string of the molecule is CN1CN(c2ccc(N3CC(CN=[N+]=[N-])OC3=O)cc2F)CC1=O. The fourth-order valence-corrected chi connectivity index (χ4v) is 2.71. The summed E-state index contributed by atoms with van der Waals surface area (Å²) in [6, 6.07) is 4.36. The molecule has 0 radical (unpaired) electrons. The second kappa shape index (κ2) is 6.25. The second-order valence-corrected chi connectivity index (χ2v) is 5.60. The van der Waals surface area contributed by atoms with E-state index in [2.05, 4.69) is 10.0 Å². The number of rotatable bonds is 4. The highest BCUT2D eigenvalue weighted by Gasteiger charge is 2.33. The number of carbonyl (C=O) groups is 2. The minimum absolute atomic E-state index is 0.0293. The van der Waals surface area contributed by atoms with Crippen LogP contribution in [0.3, 0.4) is 0 Å². The average molecular weight is 334 g/mol. The van der Waals surface area contributed by atoms with Gasteiger partial charge in [-0.15, -0.1) is 0 Å². The van der Waals surface area contributed by atoms with E-state index in [1.807, 2.05) is 0 Å². The molecule has 0 aliphatic carbocycles. The van der Waals surface area contributed by atoms with E-state index in [0.29, 0.717) is 18.0 Å². The van der Waals surface area contributed by atoms with E-state index in [1.54, 1.807) is 18.0 Å². The van der Waals surface area contributed by atoms with Crippen LogP contribution in [-0.4, -0.2) is 56.4 Å². The fourth-order valence-electron chi connectivity index (χ4n) is 2.71. The molecule has 0 N–H and O–H groups in total. The fraction of sp³-hybridized carbons (Fsp3) is 0.429. The molecule has 3 rings (SSSR count). The molecular formula is C14H15FN6O3. The molecule has 2 fully saturated rings. The molecule has 1 unspecified atom stereocenters. The van der Waals surface area contributed by atoms with E-state index < -0.39 is 18.0 Å². The van der Waals surface area contributed by atoms with Gasteiger partial charge in [-0.2, -0.15) is 0 Å². The molecule has 0 aromatic heterocycles. The van der Waals surface area contributed by atoms with Crippen molar-refractivity contribution in [2.75, 3.05) is 43.2 Å². The molecule has 2 amide bonds. The first kappa shape index (κ1) is 15.9. The summed E-state index contributed by atoms with van der Waals surface area (Å²) in [4.78, 5) is 30.5. The summed E-state index contributed by atoms with van der Waals surface area (Å²) in [5, 5.41) is 3.37. The van der Waals surface area contributed by atoms with E-state index in [4.69, 9.17) is 10.3 Å². The number of carbonyl (C=O) groups excluding carboxylic acids is 2. The predicted molar refractivity (Wildman–Crippen MR) is 83.0 cm³/mol. The van der Waals surface area contributed by atoms with E-state index in [0.717, 1.165) is 0 Å². The molecule has 24 heavy (non-hydrogen) atoms. The molecule has 1 atom stereocenters. The van der Waals surface area contributed by atoms with Crippen molar-refractivity contribution in [1.29, 1.82) is 0 Å². The standard InChI is InChI=1S/C14H15FN6O3/c1-19-8-20(7-13(19)22)12-3-2-9(4-11(12)15)21-6-10(5-17-18-16)24-14(21)23/h2-4,10H,5-8H2,1H3. The van der Waals surface area contributed by atoms with Gasteiger partial charge in [-0.25, -0.2) is 9.18 Å². The number of nitrogens with zero attached hydrogens (tertiary/aromatic N) is 6. The second-order valence-electron chi connectivity index (χ2n) is 5.60. The van der Waals surface area contributed by atoms with Crippen LogP contribution in [0.1, 0.15) is 0 Å². The average Bonchev–Trinajstić information content (AvgIpc) is 3.08. The molecule has 2 saturated heterocycles. The first-order valence-corrected chi connectivity index (χ1v) is 7.27. The van der Waals surface area contributed by atoms with Crippen LogP contribution >= 0.6 is 0 Å². The Hall–Kier alpha value is -3.00. The Morgan fingerprint density at radius 1 is 1.46 bits per heavy atom. The number of anilines is 2. The van der Waals surface area contributed by atoms with Crippen molar-refractivity contribution in [2.45, 2.75) is 6.10 Å². The Bertz CT molecular complexity index is 735. The van der Waals surface area contributed by atoms with Crippen LogP contribution in [0.2, 0.25) is 0 Å². The van der Waals surface area contributed by atoms with Gasteiger partial charge in [0.2, 0.25) is 5.91 Å². The van der Waals surface area contributed by atoms with Crippen LogP contribution in [0.25, 0.3) is 10.4 Å². The molecule has 0 bridgehead atoms. The molecule has 1 aromatic rings. The number of likely N-dealkylation sites (N-methyl/N-ethyl adjacent to an activating group) is 1. The van der Waals surface area contributed by atoms with Crippen LogP contribution in [-0.2, 0) is 9.53 Å². The van der Waals surface area contributed by atoms with Crippen LogP contribution in [0.15, 0.2) is 23.3 Å². The summed E-state index contributed by atoms with van der Waals surface area (Å²) < 4.78 is 19.5. The summed E-state index contributed by atoms with van der Waals surface area (Å²) in [6.45, 7) is 0.644. The molecule has 10 heteroatoms. The Labute approximate surface area is 136 Å². The van der Waals surface area contributed by atoms with Crippen molar-refractivity contribution in [3.63, 3.8) is 0 Å². The summed E-state index contributed by atoms with van der Waals surface area (Å²) in [7, 11) is 1.65. The number of hydrogen-bond acceptors (Lipinski definition) is 5. The van der Waals surface area contributed by atoms with Gasteiger partial charge in [0.1, 0.15) is 11.9 Å². The van der Waals surface area contributed by atoms with Gasteiger partial charge in [0.05, 0.1) is 37.7 Å². The van der Waals surface area contributed by atoms with Gasteiger partial charge in [-0.3, -0.25) is 9.69 Å². The Balaban J connectivity index is 1.76.